The van der Waals surface area contributed by atoms with E-state index in [9.17, 15) is 5.11 Å². The first-order valence-corrected chi connectivity index (χ1v) is 4.85. The lowest BCUT2D eigenvalue weighted by atomic mass is 10.3. The molecule has 1 aromatic carbocycles. The van der Waals surface area contributed by atoms with Gasteiger partial charge in [0.15, 0.2) is 0 Å². The number of hydrogen-bond donors (Lipinski definition) is 1. The second kappa shape index (κ2) is 3.57. The fourth-order valence-electron chi connectivity index (χ4n) is 0.699. The maximum Gasteiger partial charge on any atom is 0.136 e. The minimum Gasteiger partial charge on any atom is -0.506 e. The number of halogens is 2. The quantitative estimate of drug-likeness (QED) is 0.715. The zero-order valence-corrected chi connectivity index (χ0v) is 8.09. The summed E-state index contributed by atoms with van der Waals surface area (Å²) < 4.78 is 0. The van der Waals surface area contributed by atoms with E-state index in [-0.39, 0.29) is 5.75 Å². The molecule has 0 aliphatic carbocycles. The summed E-state index contributed by atoms with van der Waals surface area (Å²) in [5, 5.41) is 10.0. The lowest BCUT2D eigenvalue weighted by molar-refractivity contribution is 0.474. The van der Waals surface area contributed by atoms with Gasteiger partial charge in [-0.05, 0) is 12.3 Å². The summed E-state index contributed by atoms with van der Waals surface area (Å²) in [7, 11) is 0. The molecule has 1 aromatic rings. The van der Waals surface area contributed by atoms with E-state index in [4.69, 9.17) is 23.2 Å². The van der Waals surface area contributed by atoms with Crippen LogP contribution < -0.4 is 0 Å². The van der Waals surface area contributed by atoms with Crippen molar-refractivity contribution >= 4 is 35.0 Å². The third kappa shape index (κ3) is 1.95. The molecule has 1 rings (SSSR count). The van der Waals surface area contributed by atoms with E-state index in [0.717, 1.165) is 4.90 Å². The minimum absolute atomic E-state index is 0.0310. The Hall–Kier alpha value is -0.0500. The Bertz CT molecular complexity index is 275. The van der Waals surface area contributed by atoms with Gasteiger partial charge < -0.3 is 5.11 Å². The Morgan fingerprint density at radius 1 is 1.36 bits per heavy atom. The molecule has 1 N–H and O–H groups in total. The Morgan fingerprint density at radius 2 is 2.00 bits per heavy atom. The SMILES string of the molecule is CSc1cc(Cl)cc(O)c1Cl. The van der Waals surface area contributed by atoms with Gasteiger partial charge in [-0.1, -0.05) is 23.2 Å². The average molecular weight is 209 g/mol. The van der Waals surface area contributed by atoms with Gasteiger partial charge in [0.1, 0.15) is 5.75 Å². The van der Waals surface area contributed by atoms with Crippen molar-refractivity contribution in [3.05, 3.63) is 22.2 Å². The molecule has 0 aromatic heterocycles. The third-order valence-corrected chi connectivity index (χ3v) is 2.69. The van der Waals surface area contributed by atoms with Crippen LogP contribution in [0.5, 0.6) is 5.75 Å². The van der Waals surface area contributed by atoms with Crippen LogP contribution in [0.1, 0.15) is 0 Å². The van der Waals surface area contributed by atoms with Crippen molar-refractivity contribution in [3.8, 4) is 5.75 Å². The molecule has 0 atom stereocenters. The predicted molar refractivity (Wildman–Crippen MR) is 49.9 cm³/mol. The monoisotopic (exact) mass is 208 g/mol. The third-order valence-electron chi connectivity index (χ3n) is 1.20. The lowest BCUT2D eigenvalue weighted by Gasteiger charge is -2.02. The van der Waals surface area contributed by atoms with E-state index in [1.807, 2.05) is 6.26 Å². The van der Waals surface area contributed by atoms with Crippen molar-refractivity contribution in [1.82, 2.24) is 0 Å². The maximum atomic E-state index is 9.18. The second-order valence-corrected chi connectivity index (χ2v) is 3.60. The summed E-state index contributed by atoms with van der Waals surface area (Å²) in [6, 6.07) is 3.14. The molecule has 0 saturated heterocycles. The van der Waals surface area contributed by atoms with E-state index in [2.05, 4.69) is 0 Å². The first kappa shape index (κ1) is 9.04. The molecule has 60 valence electrons. The number of aromatic hydroxyl groups is 1. The molecule has 0 unspecified atom stereocenters. The molecule has 0 heterocycles. The number of hydrogen-bond acceptors (Lipinski definition) is 2. The van der Waals surface area contributed by atoms with Gasteiger partial charge in [-0.25, -0.2) is 0 Å². The van der Waals surface area contributed by atoms with Gasteiger partial charge in [-0.3, -0.25) is 0 Å². The summed E-state index contributed by atoms with van der Waals surface area (Å²) in [5.41, 5.74) is 0. The van der Waals surface area contributed by atoms with Crippen LogP contribution in [0.2, 0.25) is 10.0 Å². The summed E-state index contributed by atoms with van der Waals surface area (Å²) in [5.74, 6) is 0.0310. The summed E-state index contributed by atoms with van der Waals surface area (Å²) >= 11 is 12.9. The van der Waals surface area contributed by atoms with Crippen molar-refractivity contribution in [2.45, 2.75) is 4.90 Å². The van der Waals surface area contributed by atoms with Crippen LogP contribution >= 0.6 is 35.0 Å². The Labute approximate surface area is 79.3 Å². The van der Waals surface area contributed by atoms with Crippen molar-refractivity contribution in [2.75, 3.05) is 6.26 Å². The number of phenols is 1. The first-order chi connectivity index (χ1) is 5.15. The van der Waals surface area contributed by atoms with Gasteiger partial charge in [-0.15, -0.1) is 11.8 Å². The molecule has 0 aliphatic rings. The van der Waals surface area contributed by atoms with Crippen molar-refractivity contribution in [2.24, 2.45) is 0 Å². The fourth-order valence-corrected chi connectivity index (χ4v) is 1.85. The lowest BCUT2D eigenvalue weighted by Crippen LogP contribution is -1.75. The summed E-state index contributed by atoms with van der Waals surface area (Å²) in [4.78, 5) is 0.789. The van der Waals surface area contributed by atoms with Crippen molar-refractivity contribution in [1.29, 1.82) is 0 Å². The molecule has 0 saturated carbocycles. The molecule has 11 heavy (non-hydrogen) atoms. The van der Waals surface area contributed by atoms with Crippen LogP contribution in [0.25, 0.3) is 0 Å². The van der Waals surface area contributed by atoms with Gasteiger partial charge >= 0.3 is 0 Å². The van der Waals surface area contributed by atoms with E-state index >= 15 is 0 Å². The fraction of sp³-hybridized carbons (Fsp3) is 0.143. The highest BCUT2D eigenvalue weighted by molar-refractivity contribution is 7.98. The van der Waals surface area contributed by atoms with Crippen molar-refractivity contribution < 1.29 is 5.11 Å². The smallest absolute Gasteiger partial charge is 0.136 e. The van der Waals surface area contributed by atoms with Gasteiger partial charge in [0.2, 0.25) is 0 Å². The Kier molecular flexibility index (Phi) is 2.93. The first-order valence-electron chi connectivity index (χ1n) is 2.87. The van der Waals surface area contributed by atoms with Crippen LogP contribution in [0, 0.1) is 0 Å². The van der Waals surface area contributed by atoms with Crippen molar-refractivity contribution in [3.63, 3.8) is 0 Å². The second-order valence-electron chi connectivity index (χ2n) is 1.94. The molecule has 0 fully saturated rings. The number of benzene rings is 1. The zero-order chi connectivity index (χ0) is 8.43. The predicted octanol–water partition coefficient (Wildman–Crippen LogP) is 3.42. The Morgan fingerprint density at radius 3 is 2.55 bits per heavy atom. The number of phenolic OH excluding ortho intramolecular Hbond substituents is 1. The van der Waals surface area contributed by atoms with Gasteiger partial charge in [0.05, 0.1) is 5.02 Å². The van der Waals surface area contributed by atoms with E-state index in [0.29, 0.717) is 10.0 Å². The summed E-state index contributed by atoms with van der Waals surface area (Å²) in [6.45, 7) is 0. The number of rotatable bonds is 1. The molecule has 1 nitrogen and oxygen atoms in total. The van der Waals surface area contributed by atoms with Gasteiger partial charge in [-0.2, -0.15) is 0 Å². The highest BCUT2D eigenvalue weighted by atomic mass is 35.5. The molecule has 0 bridgehead atoms. The average Bonchev–Trinajstić information content (AvgIpc) is 1.96. The normalized spacial score (nSPS) is 10.1. The summed E-state index contributed by atoms with van der Waals surface area (Å²) in [6.07, 6.45) is 1.87. The highest BCUT2D eigenvalue weighted by Crippen LogP contribution is 2.35. The highest BCUT2D eigenvalue weighted by Gasteiger charge is 2.05. The molecule has 0 amide bonds. The molecular weight excluding hydrogens is 203 g/mol. The van der Waals surface area contributed by atoms with E-state index in [1.54, 1.807) is 6.07 Å². The van der Waals surface area contributed by atoms with Gasteiger partial charge in [0, 0.05) is 16.0 Å². The topological polar surface area (TPSA) is 20.2 Å². The zero-order valence-electron chi connectivity index (χ0n) is 5.77. The van der Waals surface area contributed by atoms with Gasteiger partial charge in [0.25, 0.3) is 0 Å². The molecule has 0 aliphatic heterocycles. The molecule has 4 heteroatoms. The van der Waals surface area contributed by atoms with E-state index in [1.165, 1.54) is 17.8 Å². The van der Waals surface area contributed by atoms with E-state index < -0.39 is 0 Å². The molecule has 0 spiro atoms. The number of thioether (sulfide) groups is 1. The van der Waals surface area contributed by atoms with Crippen LogP contribution in [0.15, 0.2) is 17.0 Å². The largest absolute Gasteiger partial charge is 0.506 e. The van der Waals surface area contributed by atoms with Crippen LogP contribution in [0.4, 0.5) is 0 Å². The van der Waals surface area contributed by atoms with Crippen LogP contribution in [0.3, 0.4) is 0 Å². The minimum atomic E-state index is 0.0310. The molecule has 0 radical (unpaired) electrons. The van der Waals surface area contributed by atoms with Crippen LogP contribution in [-0.2, 0) is 0 Å². The standard InChI is InChI=1S/C7H6Cl2OS/c1-11-6-3-4(8)2-5(10)7(6)9/h2-3,10H,1H3. The maximum absolute atomic E-state index is 9.18. The Balaban J connectivity index is 3.24. The molecular formula is C7H6Cl2OS. The van der Waals surface area contributed by atoms with Crippen LogP contribution in [-0.4, -0.2) is 11.4 Å².